The van der Waals surface area contributed by atoms with Crippen molar-refractivity contribution < 1.29 is 19.1 Å². The molecule has 0 aliphatic rings. The van der Waals surface area contributed by atoms with Crippen molar-refractivity contribution >= 4 is 12.1 Å². The van der Waals surface area contributed by atoms with Crippen molar-refractivity contribution in [2.45, 2.75) is 32.6 Å². The Labute approximate surface area is 125 Å². The van der Waals surface area contributed by atoms with Gasteiger partial charge in [-0.2, -0.15) is 9.59 Å². The van der Waals surface area contributed by atoms with Crippen LogP contribution >= 0.6 is 0 Å². The molecule has 0 heterocycles. The van der Waals surface area contributed by atoms with Gasteiger partial charge in [0, 0.05) is 13.1 Å². The third-order valence-corrected chi connectivity index (χ3v) is 2.97. The van der Waals surface area contributed by atoms with Crippen molar-refractivity contribution in [1.82, 2.24) is 5.32 Å². The van der Waals surface area contributed by atoms with Crippen LogP contribution in [0.4, 0.5) is 0 Å². The quantitative estimate of drug-likeness (QED) is 0.587. The fraction of sp³-hybridized carbons (Fsp3) is 0.500. The minimum atomic E-state index is -0.127. The van der Waals surface area contributed by atoms with Gasteiger partial charge in [-0.3, -0.25) is 4.79 Å². The highest BCUT2D eigenvalue weighted by atomic mass is 16.5. The fourth-order valence-corrected chi connectivity index (χ4v) is 1.92. The van der Waals surface area contributed by atoms with Gasteiger partial charge >= 0.3 is 12.1 Å². The van der Waals surface area contributed by atoms with E-state index in [1.54, 1.807) is 0 Å². The molecule has 0 saturated carbocycles. The van der Waals surface area contributed by atoms with Gasteiger partial charge in [0.15, 0.2) is 0 Å². The molecule has 1 N–H and O–H groups in total. The van der Waals surface area contributed by atoms with E-state index in [0.717, 1.165) is 13.0 Å². The third kappa shape index (κ3) is 9.55. The molecule has 0 bridgehead atoms. The van der Waals surface area contributed by atoms with E-state index in [2.05, 4.69) is 36.5 Å². The summed E-state index contributed by atoms with van der Waals surface area (Å²) < 4.78 is 4.88. The molecular formula is C16H23NO4. The highest BCUT2D eigenvalue weighted by Crippen LogP contribution is 2.17. The first-order valence-corrected chi connectivity index (χ1v) is 7.10. The zero-order valence-corrected chi connectivity index (χ0v) is 12.6. The van der Waals surface area contributed by atoms with Crippen LogP contribution in [-0.4, -0.2) is 31.8 Å². The Morgan fingerprint density at radius 3 is 2.38 bits per heavy atom. The molecule has 0 amide bonds. The number of hydrogen-bond donors (Lipinski definition) is 1. The number of ether oxygens (including phenoxy) is 1. The number of carbonyl (C=O) groups excluding carboxylic acids is 3. The molecule has 0 fully saturated rings. The maximum atomic E-state index is 11.2. The molecule has 0 spiro atoms. The Morgan fingerprint density at radius 1 is 1.24 bits per heavy atom. The number of carbonyl (C=O) groups is 1. The predicted molar refractivity (Wildman–Crippen MR) is 78.6 cm³/mol. The van der Waals surface area contributed by atoms with Gasteiger partial charge in [0.1, 0.15) is 0 Å². The Morgan fingerprint density at radius 2 is 1.86 bits per heavy atom. The van der Waals surface area contributed by atoms with Gasteiger partial charge < -0.3 is 10.1 Å². The smallest absolute Gasteiger partial charge is 0.373 e. The molecule has 5 heteroatoms. The molecule has 0 aromatic heterocycles. The van der Waals surface area contributed by atoms with Crippen LogP contribution in [0.1, 0.15) is 38.2 Å². The Hall–Kier alpha value is -1.97. The summed E-state index contributed by atoms with van der Waals surface area (Å²) in [7, 11) is 0. The molecule has 0 aliphatic heterocycles. The number of esters is 1. The van der Waals surface area contributed by atoms with Gasteiger partial charge in [0.2, 0.25) is 0 Å². The normalized spacial score (nSPS) is 10.8. The Bertz CT molecular complexity index is 414. The number of benzene rings is 1. The van der Waals surface area contributed by atoms with E-state index >= 15 is 0 Å². The van der Waals surface area contributed by atoms with Gasteiger partial charge in [-0.15, -0.1) is 0 Å². The van der Waals surface area contributed by atoms with Crippen LogP contribution in [0, 0.1) is 0 Å². The molecule has 1 unspecified atom stereocenters. The first kappa shape index (κ1) is 19.0. The monoisotopic (exact) mass is 293 g/mol. The lowest BCUT2D eigenvalue weighted by molar-refractivity contribution is -0.191. The summed E-state index contributed by atoms with van der Waals surface area (Å²) in [6.07, 6.45) is 1.79. The third-order valence-electron chi connectivity index (χ3n) is 2.97. The number of hydrogen-bond acceptors (Lipinski definition) is 5. The summed E-state index contributed by atoms with van der Waals surface area (Å²) in [5.41, 5.74) is 1.35. The van der Waals surface area contributed by atoms with Crippen molar-refractivity contribution in [3.63, 3.8) is 0 Å². The van der Waals surface area contributed by atoms with E-state index < -0.39 is 0 Å². The van der Waals surface area contributed by atoms with Crippen molar-refractivity contribution in [2.75, 3.05) is 19.7 Å². The summed E-state index contributed by atoms with van der Waals surface area (Å²) in [5.74, 6) is 0.381. The Kier molecular flexibility index (Phi) is 11.8. The topological polar surface area (TPSA) is 72.5 Å². The second-order valence-electron chi connectivity index (χ2n) is 4.36. The van der Waals surface area contributed by atoms with Crippen LogP contribution in [-0.2, 0) is 19.1 Å². The van der Waals surface area contributed by atoms with E-state index in [4.69, 9.17) is 14.3 Å². The Balaban J connectivity index is 0.00000122. The van der Waals surface area contributed by atoms with Crippen LogP contribution in [0.5, 0.6) is 0 Å². The van der Waals surface area contributed by atoms with Gasteiger partial charge in [0.25, 0.3) is 0 Å². The lowest BCUT2D eigenvalue weighted by Crippen LogP contribution is -2.24. The lowest BCUT2D eigenvalue weighted by atomic mass is 9.96. The van der Waals surface area contributed by atoms with Crippen LogP contribution in [0.2, 0.25) is 0 Å². The van der Waals surface area contributed by atoms with E-state index in [0.29, 0.717) is 25.5 Å². The van der Waals surface area contributed by atoms with Crippen molar-refractivity contribution in [2.24, 2.45) is 0 Å². The molecule has 0 aliphatic carbocycles. The predicted octanol–water partition coefficient (Wildman–Crippen LogP) is 2.14. The van der Waals surface area contributed by atoms with E-state index in [9.17, 15) is 4.79 Å². The van der Waals surface area contributed by atoms with Crippen LogP contribution in [0.25, 0.3) is 0 Å². The summed E-state index contributed by atoms with van der Waals surface area (Å²) in [6.45, 7) is 6.06. The molecule has 21 heavy (non-hydrogen) atoms. The van der Waals surface area contributed by atoms with Gasteiger partial charge in [-0.05, 0) is 24.8 Å². The van der Waals surface area contributed by atoms with Crippen molar-refractivity contribution in [1.29, 1.82) is 0 Å². The number of rotatable bonds is 8. The molecule has 1 atom stereocenters. The molecule has 0 saturated heterocycles. The molecule has 116 valence electrons. The molecular weight excluding hydrogens is 270 g/mol. The van der Waals surface area contributed by atoms with E-state index in [1.807, 2.05) is 13.0 Å². The number of nitrogens with one attached hydrogen (secondary N) is 1. The summed E-state index contributed by atoms with van der Waals surface area (Å²) in [5, 5.41) is 3.32. The lowest BCUT2D eigenvalue weighted by Gasteiger charge is -2.16. The average Bonchev–Trinajstić information content (AvgIpc) is 2.49. The highest BCUT2D eigenvalue weighted by Gasteiger charge is 2.08. The first-order chi connectivity index (χ1) is 10.2. The maximum absolute atomic E-state index is 11.2. The van der Waals surface area contributed by atoms with Crippen LogP contribution < -0.4 is 5.32 Å². The minimum Gasteiger partial charge on any atom is -0.466 e. The molecule has 1 rings (SSSR count). The van der Waals surface area contributed by atoms with E-state index in [1.165, 1.54) is 5.56 Å². The molecule has 5 nitrogen and oxygen atoms in total. The second-order valence-corrected chi connectivity index (χ2v) is 4.36. The summed E-state index contributed by atoms with van der Waals surface area (Å²) in [4.78, 5) is 27.4. The summed E-state index contributed by atoms with van der Waals surface area (Å²) in [6, 6.07) is 10.5. The zero-order valence-electron chi connectivity index (χ0n) is 12.6. The first-order valence-electron chi connectivity index (χ1n) is 7.10. The SMILES string of the molecule is CCOC(=O)CCNCC(CC)c1ccccc1.O=C=O. The van der Waals surface area contributed by atoms with Gasteiger partial charge in [-0.25, -0.2) is 0 Å². The fourth-order valence-electron chi connectivity index (χ4n) is 1.92. The largest absolute Gasteiger partial charge is 0.466 e. The second kappa shape index (κ2) is 13.0. The van der Waals surface area contributed by atoms with Gasteiger partial charge in [-0.1, -0.05) is 37.3 Å². The molecule has 1 aromatic carbocycles. The molecule has 0 radical (unpaired) electrons. The average molecular weight is 293 g/mol. The van der Waals surface area contributed by atoms with Crippen molar-refractivity contribution in [3.8, 4) is 0 Å². The van der Waals surface area contributed by atoms with Gasteiger partial charge in [0.05, 0.1) is 13.0 Å². The van der Waals surface area contributed by atoms with Crippen LogP contribution in [0.15, 0.2) is 30.3 Å². The zero-order chi connectivity index (χ0) is 15.9. The van der Waals surface area contributed by atoms with Crippen molar-refractivity contribution in [3.05, 3.63) is 35.9 Å². The van der Waals surface area contributed by atoms with Crippen LogP contribution in [0.3, 0.4) is 0 Å². The standard InChI is InChI=1S/C15H23NO2.CO2/c1-3-13(14-8-6-5-7-9-14)12-16-11-10-15(17)18-4-2;2-1-3/h5-9,13,16H,3-4,10-12H2,1-2H3;. The highest BCUT2D eigenvalue weighted by molar-refractivity contribution is 5.69. The minimum absolute atomic E-state index is 0.127. The summed E-state index contributed by atoms with van der Waals surface area (Å²) >= 11 is 0. The molecule has 1 aromatic rings. The maximum Gasteiger partial charge on any atom is 0.373 e. The van der Waals surface area contributed by atoms with E-state index in [-0.39, 0.29) is 12.1 Å².